The molecule has 1 aliphatic heterocycles. The van der Waals surface area contributed by atoms with Crippen molar-refractivity contribution in [2.75, 3.05) is 11.5 Å². The number of carbonyl (C=O) groups is 2. The van der Waals surface area contributed by atoms with Crippen LogP contribution in [0.15, 0.2) is 76.1 Å². The predicted molar refractivity (Wildman–Crippen MR) is 185 cm³/mol. The largest absolute Gasteiger partial charge is 0.488 e. The molecule has 0 radical (unpaired) electrons. The molecule has 2 unspecified atom stereocenters. The van der Waals surface area contributed by atoms with Gasteiger partial charge >= 0.3 is 12.1 Å². The van der Waals surface area contributed by atoms with Crippen LogP contribution < -0.4 is 9.64 Å². The highest BCUT2D eigenvalue weighted by Crippen LogP contribution is 2.43. The van der Waals surface area contributed by atoms with Gasteiger partial charge in [0.25, 0.3) is 0 Å². The van der Waals surface area contributed by atoms with E-state index in [2.05, 4.69) is 41.7 Å². The number of thioether (sulfide) groups is 1. The molecule has 1 amide bonds. The highest BCUT2D eigenvalue weighted by Gasteiger charge is 2.40. The van der Waals surface area contributed by atoms with E-state index in [9.17, 15) is 14.7 Å². The van der Waals surface area contributed by atoms with Gasteiger partial charge in [0.1, 0.15) is 11.9 Å². The second-order valence-corrected chi connectivity index (χ2v) is 15.9. The summed E-state index contributed by atoms with van der Waals surface area (Å²) in [5.74, 6) is 0.438. The number of fused-ring (bicyclic) bond motifs is 2. The minimum absolute atomic E-state index is 0.0868. The first-order valence-electron chi connectivity index (χ1n) is 15.3. The fourth-order valence-corrected chi connectivity index (χ4v) is 7.31. The summed E-state index contributed by atoms with van der Waals surface area (Å²) < 4.78 is 13.1. The van der Waals surface area contributed by atoms with E-state index in [0.29, 0.717) is 37.3 Å². The number of benzene rings is 3. The number of para-hydroxylation sites is 1. The van der Waals surface area contributed by atoms with Crippen molar-refractivity contribution in [1.29, 1.82) is 0 Å². The van der Waals surface area contributed by atoms with E-state index in [1.54, 1.807) is 11.8 Å². The number of hydrogen-bond acceptors (Lipinski definition) is 5. The zero-order valence-corrected chi connectivity index (χ0v) is 29.1. The number of esters is 1. The molecular formula is C36H41BrN2O5S. The van der Waals surface area contributed by atoms with E-state index in [0.717, 1.165) is 37.1 Å². The molecule has 0 bridgehead atoms. The zero-order valence-electron chi connectivity index (χ0n) is 26.6. The van der Waals surface area contributed by atoms with Crippen LogP contribution >= 0.6 is 27.7 Å². The molecule has 5 rings (SSSR count). The summed E-state index contributed by atoms with van der Waals surface area (Å²) in [6, 6.07) is 21.3. The monoisotopic (exact) mass is 692 g/mol. The summed E-state index contributed by atoms with van der Waals surface area (Å²) in [5, 5.41) is 11.3. The van der Waals surface area contributed by atoms with Crippen molar-refractivity contribution in [1.82, 2.24) is 4.98 Å². The lowest BCUT2D eigenvalue weighted by Gasteiger charge is -2.31. The van der Waals surface area contributed by atoms with Gasteiger partial charge < -0.3 is 19.6 Å². The van der Waals surface area contributed by atoms with Crippen LogP contribution in [0.2, 0.25) is 0 Å². The van der Waals surface area contributed by atoms with Crippen LogP contribution in [0.3, 0.4) is 0 Å². The van der Waals surface area contributed by atoms with E-state index >= 15 is 0 Å². The van der Waals surface area contributed by atoms with Gasteiger partial charge in [0, 0.05) is 43.6 Å². The van der Waals surface area contributed by atoms with Gasteiger partial charge in [0.05, 0.1) is 23.8 Å². The number of aromatic nitrogens is 1. The second-order valence-electron chi connectivity index (χ2n) is 13.2. The van der Waals surface area contributed by atoms with Crippen LogP contribution in [0.4, 0.5) is 10.5 Å². The molecule has 0 saturated heterocycles. The van der Waals surface area contributed by atoms with Crippen molar-refractivity contribution in [3.05, 3.63) is 88.0 Å². The predicted octanol–water partition coefficient (Wildman–Crippen LogP) is 9.05. The minimum atomic E-state index is -0.992. The number of hydrogen-bond donors (Lipinski definition) is 2. The Morgan fingerprint density at radius 1 is 1.07 bits per heavy atom. The van der Waals surface area contributed by atoms with Gasteiger partial charge in [-0.2, -0.15) is 0 Å². The molecule has 7 nitrogen and oxygen atoms in total. The van der Waals surface area contributed by atoms with Gasteiger partial charge in [-0.25, -0.2) is 4.79 Å². The number of carbonyl (C=O) groups excluding carboxylic acids is 1. The Labute approximate surface area is 277 Å². The standard InChI is InChI=1S/C36H41BrN2O5S/c1-7-43-33(40)36(5,6)21-28-32(45-35(2,3)4)26-20-25(16-17-27(26)38-28)44-31(18-22-12-14-24(37)15-13-22)30-19-23-10-8-9-11-29(23)39(30)34(41)42/h8-17,20,30-31,38H,7,18-19,21H2,1-6H3,(H,41,42). The molecule has 1 aromatic heterocycles. The lowest BCUT2D eigenvalue weighted by molar-refractivity contribution is -0.153. The van der Waals surface area contributed by atoms with Gasteiger partial charge in [-0.15, -0.1) is 11.8 Å². The van der Waals surface area contributed by atoms with Crippen LogP contribution in [-0.2, 0) is 28.8 Å². The van der Waals surface area contributed by atoms with Crippen molar-refractivity contribution in [3.63, 3.8) is 0 Å². The summed E-state index contributed by atoms with van der Waals surface area (Å²) in [4.78, 5) is 31.5. The molecule has 0 spiro atoms. The van der Waals surface area contributed by atoms with Crippen molar-refractivity contribution in [3.8, 4) is 5.75 Å². The lowest BCUT2D eigenvalue weighted by Crippen LogP contribution is -2.48. The van der Waals surface area contributed by atoms with Crippen molar-refractivity contribution in [2.45, 2.75) is 82.6 Å². The Morgan fingerprint density at radius 3 is 2.44 bits per heavy atom. The van der Waals surface area contributed by atoms with Crippen molar-refractivity contribution in [2.24, 2.45) is 5.41 Å². The van der Waals surface area contributed by atoms with E-state index in [4.69, 9.17) is 9.47 Å². The third-order valence-corrected chi connectivity index (χ3v) is 9.75. The first-order valence-corrected chi connectivity index (χ1v) is 16.9. The Hall–Kier alpha value is -3.43. The SMILES string of the molecule is CCOC(=O)C(C)(C)Cc1[nH]c2ccc(OC(Cc3ccc(Br)cc3)C3Cc4ccccc4N3C(=O)O)cc2c1SC(C)(C)C. The molecule has 45 heavy (non-hydrogen) atoms. The third kappa shape index (κ3) is 7.52. The van der Waals surface area contributed by atoms with Gasteiger partial charge in [-0.3, -0.25) is 9.69 Å². The van der Waals surface area contributed by atoms with E-state index in [-0.39, 0.29) is 10.7 Å². The first-order chi connectivity index (χ1) is 21.3. The van der Waals surface area contributed by atoms with Crippen LogP contribution in [0, 0.1) is 5.41 Å². The summed E-state index contributed by atoms with van der Waals surface area (Å²) in [6.45, 7) is 12.5. The number of amides is 1. The number of carboxylic acid groups (broad SMARTS) is 1. The molecule has 2 atom stereocenters. The smallest absolute Gasteiger partial charge is 0.412 e. The molecule has 238 valence electrons. The number of aromatic amines is 1. The maximum absolute atomic E-state index is 12.8. The Kier molecular flexibility index (Phi) is 9.61. The highest BCUT2D eigenvalue weighted by molar-refractivity contribution is 9.10. The van der Waals surface area contributed by atoms with Gasteiger partial charge in [-0.1, -0.05) is 67.0 Å². The number of halogens is 1. The first kappa shape index (κ1) is 32.9. The molecule has 2 heterocycles. The van der Waals surface area contributed by atoms with E-state index in [1.807, 2.05) is 87.5 Å². The molecule has 0 saturated carbocycles. The maximum Gasteiger partial charge on any atom is 0.412 e. The van der Waals surface area contributed by atoms with Crippen LogP contribution in [0.25, 0.3) is 10.9 Å². The highest BCUT2D eigenvalue weighted by atomic mass is 79.9. The van der Waals surface area contributed by atoms with Crippen LogP contribution in [0.1, 0.15) is 58.4 Å². The molecule has 4 aromatic rings. The van der Waals surface area contributed by atoms with Gasteiger partial charge in [0.2, 0.25) is 0 Å². The fourth-order valence-electron chi connectivity index (χ4n) is 5.90. The average molecular weight is 694 g/mol. The third-order valence-electron chi connectivity index (χ3n) is 7.93. The van der Waals surface area contributed by atoms with Crippen molar-refractivity contribution < 1.29 is 24.2 Å². The van der Waals surface area contributed by atoms with Gasteiger partial charge in [0.15, 0.2) is 0 Å². The lowest BCUT2D eigenvalue weighted by atomic mass is 9.88. The van der Waals surface area contributed by atoms with E-state index < -0.39 is 23.7 Å². The fraction of sp³-hybridized carbons (Fsp3) is 0.389. The second kappa shape index (κ2) is 13.1. The number of ether oxygens (including phenoxy) is 2. The molecule has 3 aromatic carbocycles. The molecule has 1 aliphatic rings. The zero-order chi connectivity index (χ0) is 32.5. The summed E-state index contributed by atoms with van der Waals surface area (Å²) in [5.41, 5.74) is 3.98. The Morgan fingerprint density at radius 2 is 1.78 bits per heavy atom. The minimum Gasteiger partial charge on any atom is -0.488 e. The molecule has 2 N–H and O–H groups in total. The number of rotatable bonds is 10. The Bertz CT molecular complexity index is 1690. The van der Waals surface area contributed by atoms with Crippen LogP contribution in [0.5, 0.6) is 5.75 Å². The summed E-state index contributed by atoms with van der Waals surface area (Å²) in [6.07, 6.45) is 0.146. The Balaban J connectivity index is 1.54. The summed E-state index contributed by atoms with van der Waals surface area (Å²) >= 11 is 5.27. The van der Waals surface area contributed by atoms with Crippen molar-refractivity contribution >= 4 is 56.3 Å². The normalized spacial score (nSPS) is 15.6. The summed E-state index contributed by atoms with van der Waals surface area (Å²) in [7, 11) is 0. The maximum atomic E-state index is 12.8. The number of anilines is 1. The topological polar surface area (TPSA) is 91.9 Å². The quantitative estimate of drug-likeness (QED) is 0.127. The molecule has 9 heteroatoms. The molecule has 0 fully saturated rings. The van der Waals surface area contributed by atoms with Crippen LogP contribution in [-0.4, -0.2) is 45.7 Å². The van der Waals surface area contributed by atoms with Gasteiger partial charge in [-0.05, 0) is 74.7 Å². The number of nitrogens with zero attached hydrogens (tertiary/aromatic N) is 1. The number of nitrogens with one attached hydrogen (secondary N) is 1. The van der Waals surface area contributed by atoms with E-state index in [1.165, 1.54) is 4.90 Å². The molecular weight excluding hydrogens is 652 g/mol. The average Bonchev–Trinajstić information content (AvgIpc) is 3.51. The number of H-pyrrole nitrogens is 1. The molecule has 0 aliphatic carbocycles.